The molecule has 0 aromatic carbocycles. The van der Waals surface area contributed by atoms with Gasteiger partial charge in [0.1, 0.15) is 10.0 Å². The van der Waals surface area contributed by atoms with Crippen molar-refractivity contribution in [1.29, 1.82) is 0 Å². The molecule has 1 N–H and O–H groups in total. The lowest BCUT2D eigenvalue weighted by Gasteiger charge is -2.00. The number of rotatable bonds is 6. The predicted molar refractivity (Wildman–Crippen MR) is 65.0 cm³/mol. The third kappa shape index (κ3) is 3.23. The van der Waals surface area contributed by atoms with Crippen LogP contribution in [0.2, 0.25) is 0 Å². The molecular weight excluding hydrogens is 222 g/mol. The first-order valence-corrected chi connectivity index (χ1v) is 6.82. The van der Waals surface area contributed by atoms with E-state index in [9.17, 15) is 0 Å². The van der Waals surface area contributed by atoms with E-state index in [1.165, 1.54) is 6.42 Å². The maximum Gasteiger partial charge on any atom is 0.122 e. The van der Waals surface area contributed by atoms with Crippen LogP contribution in [0.4, 0.5) is 0 Å². The summed E-state index contributed by atoms with van der Waals surface area (Å²) in [6.07, 6.45) is 3.27. The second-order valence-corrected chi connectivity index (χ2v) is 5.19. The Hall–Kier alpha value is -0.520. The van der Waals surface area contributed by atoms with Gasteiger partial charge >= 0.3 is 0 Å². The molecule has 2 rings (SSSR count). The minimum absolute atomic E-state index is 0.495. The van der Waals surface area contributed by atoms with Crippen LogP contribution < -0.4 is 5.32 Å². The van der Waals surface area contributed by atoms with Gasteiger partial charge in [0.2, 0.25) is 0 Å². The Morgan fingerprint density at radius 2 is 2.38 bits per heavy atom. The van der Waals surface area contributed by atoms with E-state index >= 15 is 0 Å². The summed E-state index contributed by atoms with van der Waals surface area (Å²) < 4.78 is 5.36. The summed E-state index contributed by atoms with van der Waals surface area (Å²) in [6, 6.07) is 0. The Morgan fingerprint density at radius 1 is 1.44 bits per heavy atom. The molecule has 0 spiro atoms. The zero-order valence-electron chi connectivity index (χ0n) is 9.74. The Labute approximate surface area is 100 Å². The summed E-state index contributed by atoms with van der Waals surface area (Å²) in [4.78, 5) is 0. The predicted octanol–water partition coefficient (Wildman–Crippen LogP) is 1.58. The average Bonchev–Trinajstić information content (AvgIpc) is 2.94. The largest absolute Gasteiger partial charge is 0.381 e. The first kappa shape index (κ1) is 12.0. The van der Waals surface area contributed by atoms with Gasteiger partial charge < -0.3 is 10.1 Å². The van der Waals surface area contributed by atoms with Gasteiger partial charge in [-0.3, -0.25) is 0 Å². The molecule has 5 heteroatoms. The Bertz CT molecular complexity index is 310. The van der Waals surface area contributed by atoms with Crippen molar-refractivity contribution < 1.29 is 4.74 Å². The highest BCUT2D eigenvalue weighted by Crippen LogP contribution is 2.27. The van der Waals surface area contributed by atoms with Crippen molar-refractivity contribution in [2.24, 2.45) is 0 Å². The standard InChI is InChI=1S/C11H19N3OS/c1-2-5-12-6-3-10-13-14-11(16-10)9-4-7-15-8-9/h9,12H,2-8H2,1H3. The quantitative estimate of drug-likeness (QED) is 0.768. The van der Waals surface area contributed by atoms with Crippen molar-refractivity contribution in [1.82, 2.24) is 15.5 Å². The number of nitrogens with zero attached hydrogens (tertiary/aromatic N) is 2. The number of aromatic nitrogens is 2. The molecule has 0 bridgehead atoms. The summed E-state index contributed by atoms with van der Waals surface area (Å²) in [5, 5.41) is 14.2. The smallest absolute Gasteiger partial charge is 0.122 e. The summed E-state index contributed by atoms with van der Waals surface area (Å²) in [5.41, 5.74) is 0. The molecule has 0 amide bonds. The van der Waals surface area contributed by atoms with Gasteiger partial charge in [-0.05, 0) is 19.4 Å². The van der Waals surface area contributed by atoms with Crippen LogP contribution in [0.5, 0.6) is 0 Å². The monoisotopic (exact) mass is 241 g/mol. The Balaban J connectivity index is 1.77. The van der Waals surface area contributed by atoms with Crippen LogP contribution >= 0.6 is 11.3 Å². The van der Waals surface area contributed by atoms with E-state index in [0.29, 0.717) is 5.92 Å². The maximum absolute atomic E-state index is 5.36. The molecule has 1 unspecified atom stereocenters. The first-order chi connectivity index (χ1) is 7.90. The Morgan fingerprint density at radius 3 is 3.12 bits per heavy atom. The lowest BCUT2D eigenvalue weighted by atomic mass is 10.1. The van der Waals surface area contributed by atoms with E-state index in [4.69, 9.17) is 4.74 Å². The van der Waals surface area contributed by atoms with E-state index in [1.54, 1.807) is 11.3 Å². The fraction of sp³-hybridized carbons (Fsp3) is 0.818. The fourth-order valence-corrected chi connectivity index (χ4v) is 2.72. The van der Waals surface area contributed by atoms with Gasteiger partial charge in [0.25, 0.3) is 0 Å². The number of hydrogen-bond acceptors (Lipinski definition) is 5. The van der Waals surface area contributed by atoms with Crippen molar-refractivity contribution in [3.8, 4) is 0 Å². The van der Waals surface area contributed by atoms with Crippen LogP contribution in [0.25, 0.3) is 0 Å². The molecule has 1 aromatic heterocycles. The maximum atomic E-state index is 5.36. The SMILES string of the molecule is CCCNCCc1nnc(C2CCOC2)s1. The van der Waals surface area contributed by atoms with E-state index in [-0.39, 0.29) is 0 Å². The van der Waals surface area contributed by atoms with Gasteiger partial charge in [0, 0.05) is 25.5 Å². The van der Waals surface area contributed by atoms with Crippen molar-refractivity contribution in [3.63, 3.8) is 0 Å². The van der Waals surface area contributed by atoms with Crippen LogP contribution in [0.15, 0.2) is 0 Å². The Kier molecular flexibility index (Phi) is 4.69. The van der Waals surface area contributed by atoms with Crippen LogP contribution in [-0.4, -0.2) is 36.5 Å². The van der Waals surface area contributed by atoms with E-state index in [0.717, 1.165) is 49.2 Å². The molecule has 4 nitrogen and oxygen atoms in total. The van der Waals surface area contributed by atoms with Gasteiger partial charge in [-0.2, -0.15) is 0 Å². The van der Waals surface area contributed by atoms with Gasteiger partial charge in [0.15, 0.2) is 0 Å². The number of nitrogens with one attached hydrogen (secondary N) is 1. The molecule has 1 atom stereocenters. The highest BCUT2D eigenvalue weighted by Gasteiger charge is 2.21. The minimum atomic E-state index is 0.495. The highest BCUT2D eigenvalue weighted by molar-refractivity contribution is 7.11. The van der Waals surface area contributed by atoms with Crippen molar-refractivity contribution in [3.05, 3.63) is 10.0 Å². The van der Waals surface area contributed by atoms with Crippen molar-refractivity contribution in [2.75, 3.05) is 26.3 Å². The summed E-state index contributed by atoms with van der Waals surface area (Å²) >= 11 is 1.75. The highest BCUT2D eigenvalue weighted by atomic mass is 32.1. The molecule has 90 valence electrons. The molecule has 1 aliphatic rings. The normalized spacial score (nSPS) is 20.4. The van der Waals surface area contributed by atoms with Gasteiger partial charge in [-0.25, -0.2) is 0 Å². The van der Waals surface area contributed by atoms with Gasteiger partial charge in [-0.15, -0.1) is 21.5 Å². The molecule has 0 saturated carbocycles. The molecule has 2 heterocycles. The zero-order chi connectivity index (χ0) is 11.2. The lowest BCUT2D eigenvalue weighted by Crippen LogP contribution is -2.17. The zero-order valence-corrected chi connectivity index (χ0v) is 10.6. The topological polar surface area (TPSA) is 47.0 Å². The number of hydrogen-bond donors (Lipinski definition) is 1. The molecule has 0 radical (unpaired) electrons. The van der Waals surface area contributed by atoms with E-state index in [1.807, 2.05) is 0 Å². The van der Waals surface area contributed by atoms with Crippen molar-refractivity contribution in [2.45, 2.75) is 32.1 Å². The molecule has 1 saturated heterocycles. The second kappa shape index (κ2) is 6.27. The summed E-state index contributed by atoms with van der Waals surface area (Å²) in [6.45, 7) is 5.96. The molecule has 16 heavy (non-hydrogen) atoms. The van der Waals surface area contributed by atoms with Gasteiger partial charge in [-0.1, -0.05) is 6.92 Å². The lowest BCUT2D eigenvalue weighted by molar-refractivity contribution is 0.194. The average molecular weight is 241 g/mol. The summed E-state index contributed by atoms with van der Waals surface area (Å²) in [5.74, 6) is 0.495. The van der Waals surface area contributed by atoms with Gasteiger partial charge in [0.05, 0.1) is 6.61 Å². The number of ether oxygens (including phenoxy) is 1. The second-order valence-electron chi connectivity index (χ2n) is 4.09. The van der Waals surface area contributed by atoms with E-state index in [2.05, 4.69) is 22.4 Å². The van der Waals surface area contributed by atoms with Crippen molar-refractivity contribution >= 4 is 11.3 Å². The molecule has 0 aliphatic carbocycles. The van der Waals surface area contributed by atoms with Crippen LogP contribution in [0.1, 0.15) is 35.7 Å². The van der Waals surface area contributed by atoms with Crippen LogP contribution in [-0.2, 0) is 11.2 Å². The molecular formula is C11H19N3OS. The first-order valence-electron chi connectivity index (χ1n) is 6.01. The van der Waals surface area contributed by atoms with Crippen LogP contribution in [0, 0.1) is 0 Å². The van der Waals surface area contributed by atoms with E-state index < -0.39 is 0 Å². The molecule has 1 aliphatic heterocycles. The molecule has 1 fully saturated rings. The minimum Gasteiger partial charge on any atom is -0.381 e. The molecule has 1 aromatic rings. The third-order valence-electron chi connectivity index (χ3n) is 2.70. The van der Waals surface area contributed by atoms with Crippen LogP contribution in [0.3, 0.4) is 0 Å². The fourth-order valence-electron chi connectivity index (χ4n) is 1.76. The third-order valence-corrected chi connectivity index (χ3v) is 3.85. The summed E-state index contributed by atoms with van der Waals surface area (Å²) in [7, 11) is 0.